The zero-order valence-electron chi connectivity index (χ0n) is 7.06. The molecule has 0 saturated heterocycles. The Bertz CT molecular complexity index is 438. The summed E-state index contributed by atoms with van der Waals surface area (Å²) in [5.74, 6) is 0. The number of aromatic nitrogens is 1. The molecule has 0 unspecified atom stereocenters. The maximum absolute atomic E-state index is 4.41. The van der Waals surface area contributed by atoms with E-state index in [1.54, 1.807) is 11.3 Å². The van der Waals surface area contributed by atoms with Crippen LogP contribution < -0.4 is 5.46 Å². The molecule has 0 spiro atoms. The maximum Gasteiger partial charge on any atom is 0.301 e. The number of benzene rings is 1. The smallest absolute Gasteiger partial charge is 0.242 e. The van der Waals surface area contributed by atoms with Gasteiger partial charge in [0.2, 0.25) is 0 Å². The van der Waals surface area contributed by atoms with Gasteiger partial charge in [-0.15, -0.1) is 11.3 Å². The summed E-state index contributed by atoms with van der Waals surface area (Å²) in [6.07, 6.45) is 0. The Kier molecular flexibility index (Phi) is 2.58. The first-order valence-corrected chi connectivity index (χ1v) is 5.75. The lowest BCUT2D eigenvalue weighted by molar-refractivity contribution is 1.35. The van der Waals surface area contributed by atoms with Crippen molar-refractivity contribution in [3.63, 3.8) is 0 Å². The molecule has 66 valence electrons. The third-order valence-electron chi connectivity index (χ3n) is 1.82. The van der Waals surface area contributed by atoms with Crippen molar-refractivity contribution in [2.24, 2.45) is 0 Å². The maximum atomic E-state index is 4.41. The van der Waals surface area contributed by atoms with Gasteiger partial charge in [0.05, 0.1) is 15.2 Å². The lowest BCUT2D eigenvalue weighted by atomic mass is 9.92. The molecule has 13 heavy (non-hydrogen) atoms. The molecule has 1 aromatic heterocycles. The van der Waals surface area contributed by atoms with Crippen LogP contribution in [-0.4, -0.2) is 10.3 Å². The highest BCUT2D eigenvalue weighted by Gasteiger charge is 2.07. The number of thiol groups is 2. The van der Waals surface area contributed by atoms with Gasteiger partial charge in [0.15, 0.2) is 0 Å². The number of nitrogens with zero attached hydrogens (tertiary/aromatic N) is 1. The van der Waals surface area contributed by atoms with E-state index in [4.69, 9.17) is 0 Å². The summed E-state index contributed by atoms with van der Waals surface area (Å²) < 4.78 is 1.23. The van der Waals surface area contributed by atoms with Crippen LogP contribution in [0.3, 0.4) is 0 Å². The number of hydrogen-bond acceptors (Lipinski definition) is 4. The van der Waals surface area contributed by atoms with Crippen LogP contribution in [0.4, 0.5) is 0 Å². The molecule has 2 rings (SSSR count). The second kappa shape index (κ2) is 3.56. The van der Waals surface area contributed by atoms with Crippen molar-refractivity contribution in [1.82, 2.24) is 4.98 Å². The van der Waals surface area contributed by atoms with Crippen molar-refractivity contribution in [1.29, 1.82) is 0 Å². The Morgan fingerprint density at radius 3 is 2.85 bits per heavy atom. The molecule has 0 fully saturated rings. The van der Waals surface area contributed by atoms with Crippen molar-refractivity contribution in [2.45, 2.75) is 6.92 Å². The molecule has 0 saturated carbocycles. The second-order valence-corrected chi connectivity index (χ2v) is 5.51. The summed E-state index contributed by atoms with van der Waals surface area (Å²) in [6, 6.07) is 6.17. The van der Waals surface area contributed by atoms with Gasteiger partial charge in [-0.25, -0.2) is 29.9 Å². The van der Waals surface area contributed by atoms with Crippen molar-refractivity contribution >= 4 is 57.2 Å². The first kappa shape index (κ1) is 9.43. The molecular formula is C8H8BNS3. The molecule has 0 bridgehead atoms. The van der Waals surface area contributed by atoms with Gasteiger partial charge in [-0.3, -0.25) is 0 Å². The predicted molar refractivity (Wildman–Crippen MR) is 67.7 cm³/mol. The summed E-state index contributed by atoms with van der Waals surface area (Å²) >= 11 is 10.2. The summed E-state index contributed by atoms with van der Waals surface area (Å²) in [5, 5.41) is 1.08. The molecule has 1 aromatic carbocycles. The molecule has 0 atom stereocenters. The van der Waals surface area contributed by atoms with E-state index in [1.165, 1.54) is 4.70 Å². The van der Waals surface area contributed by atoms with E-state index >= 15 is 0 Å². The molecule has 0 aliphatic carbocycles. The van der Waals surface area contributed by atoms with Crippen LogP contribution in [0, 0.1) is 6.92 Å². The Balaban J connectivity index is 2.61. The minimum Gasteiger partial charge on any atom is -0.242 e. The van der Waals surface area contributed by atoms with E-state index in [2.05, 4.69) is 36.0 Å². The van der Waals surface area contributed by atoms with Crippen LogP contribution in [0.2, 0.25) is 0 Å². The van der Waals surface area contributed by atoms with E-state index in [1.807, 2.05) is 19.1 Å². The summed E-state index contributed by atoms with van der Waals surface area (Å²) in [5.41, 5.74) is 2.15. The molecule has 0 N–H and O–H groups in total. The summed E-state index contributed by atoms with van der Waals surface area (Å²) in [7, 11) is 0. The molecule has 1 heterocycles. The van der Waals surface area contributed by atoms with Crippen molar-refractivity contribution in [3.05, 3.63) is 23.2 Å². The first-order chi connectivity index (χ1) is 6.16. The quantitative estimate of drug-likeness (QED) is 0.560. The van der Waals surface area contributed by atoms with Gasteiger partial charge in [0, 0.05) is 0 Å². The molecule has 2 aromatic rings. The molecule has 0 radical (unpaired) electrons. The Hall–Kier alpha value is -0.125. The number of aryl methyl sites for hydroxylation is 1. The largest absolute Gasteiger partial charge is 0.301 e. The van der Waals surface area contributed by atoms with Crippen LogP contribution in [0.15, 0.2) is 18.2 Å². The van der Waals surface area contributed by atoms with E-state index in [9.17, 15) is 0 Å². The first-order valence-electron chi connectivity index (χ1n) is 3.90. The van der Waals surface area contributed by atoms with Crippen LogP contribution in [-0.2, 0) is 0 Å². The lowest BCUT2D eigenvalue weighted by Crippen LogP contribution is -2.17. The number of fused-ring (bicyclic) bond motifs is 1. The average Bonchev–Trinajstić information content (AvgIpc) is 2.42. The van der Waals surface area contributed by atoms with Gasteiger partial charge in [0.25, 0.3) is 0 Å². The van der Waals surface area contributed by atoms with Crippen LogP contribution in [0.5, 0.6) is 0 Å². The highest BCUT2D eigenvalue weighted by atomic mass is 32.2. The SMILES string of the molecule is Cc1nc2cc(B(S)S)ccc2s1. The highest BCUT2D eigenvalue weighted by molar-refractivity contribution is 8.42. The lowest BCUT2D eigenvalue weighted by Gasteiger charge is -1.98. The van der Waals surface area contributed by atoms with Gasteiger partial charge in [-0.1, -0.05) is 11.5 Å². The zero-order chi connectivity index (χ0) is 9.42. The molecule has 1 nitrogen and oxygen atoms in total. The molecular weight excluding hydrogens is 217 g/mol. The van der Waals surface area contributed by atoms with Gasteiger partial charge in [-0.2, -0.15) is 0 Å². The van der Waals surface area contributed by atoms with E-state index < -0.39 is 0 Å². The standard InChI is InChI=1S/C8H8BNS3/c1-5-10-7-4-6(9(11)12)2-3-8(7)13-5/h2-4,11-12H,1H3. The Labute approximate surface area is 92.3 Å². The minimum absolute atomic E-state index is 0.0218. The fraction of sp³-hybridized carbons (Fsp3) is 0.125. The predicted octanol–water partition coefficient (Wildman–Crippen LogP) is 2.16. The van der Waals surface area contributed by atoms with Crippen molar-refractivity contribution in [2.75, 3.05) is 0 Å². The van der Waals surface area contributed by atoms with Crippen molar-refractivity contribution in [3.8, 4) is 0 Å². The molecule has 0 aliphatic heterocycles. The third-order valence-corrected chi connectivity index (χ3v) is 3.36. The topological polar surface area (TPSA) is 12.9 Å². The fourth-order valence-electron chi connectivity index (χ4n) is 1.22. The zero-order valence-corrected chi connectivity index (χ0v) is 9.66. The van der Waals surface area contributed by atoms with Gasteiger partial charge < -0.3 is 0 Å². The Morgan fingerprint density at radius 2 is 2.15 bits per heavy atom. The van der Waals surface area contributed by atoms with Gasteiger partial charge in [-0.05, 0) is 19.1 Å². The minimum atomic E-state index is -0.0218. The molecule has 5 heteroatoms. The summed E-state index contributed by atoms with van der Waals surface area (Å²) in [6.45, 7) is 2.02. The summed E-state index contributed by atoms with van der Waals surface area (Å²) in [4.78, 5) is 4.41. The number of hydrogen-bond donors (Lipinski definition) is 2. The number of thiazole rings is 1. The van der Waals surface area contributed by atoms with Crippen LogP contribution in [0.25, 0.3) is 10.2 Å². The monoisotopic (exact) mass is 225 g/mol. The second-order valence-electron chi connectivity index (χ2n) is 2.83. The van der Waals surface area contributed by atoms with Crippen LogP contribution >= 0.6 is 36.3 Å². The average molecular weight is 225 g/mol. The normalized spacial score (nSPS) is 10.7. The van der Waals surface area contributed by atoms with Crippen LogP contribution in [0.1, 0.15) is 5.01 Å². The van der Waals surface area contributed by atoms with Gasteiger partial charge in [0.1, 0.15) is 0 Å². The fourth-order valence-corrected chi connectivity index (χ4v) is 2.35. The highest BCUT2D eigenvalue weighted by Crippen LogP contribution is 2.20. The van der Waals surface area contributed by atoms with Gasteiger partial charge >= 0.3 is 5.27 Å². The van der Waals surface area contributed by atoms with E-state index in [0.717, 1.165) is 16.0 Å². The third kappa shape index (κ3) is 1.87. The van der Waals surface area contributed by atoms with Crippen molar-refractivity contribution < 1.29 is 0 Å². The Morgan fingerprint density at radius 1 is 1.38 bits per heavy atom. The molecule has 0 amide bonds. The number of rotatable bonds is 1. The van der Waals surface area contributed by atoms with E-state index in [0.29, 0.717) is 0 Å². The van der Waals surface area contributed by atoms with E-state index in [-0.39, 0.29) is 5.27 Å². The molecule has 0 aliphatic rings.